The maximum atomic E-state index is 11.1. The van der Waals surface area contributed by atoms with E-state index >= 15 is 0 Å². The fourth-order valence-corrected chi connectivity index (χ4v) is 4.44. The van der Waals surface area contributed by atoms with Gasteiger partial charge >= 0.3 is 5.97 Å². The van der Waals surface area contributed by atoms with Crippen molar-refractivity contribution in [2.75, 3.05) is 5.73 Å². The first-order valence-corrected chi connectivity index (χ1v) is 11.1. The summed E-state index contributed by atoms with van der Waals surface area (Å²) in [6.07, 6.45) is 4.64. The van der Waals surface area contributed by atoms with Gasteiger partial charge in [0.05, 0.1) is 11.9 Å². The molecule has 0 fully saturated rings. The van der Waals surface area contributed by atoms with Crippen molar-refractivity contribution in [3.63, 3.8) is 0 Å². The number of nitrogens with two attached hydrogens (primary N) is 1. The minimum absolute atomic E-state index is 0.0564. The van der Waals surface area contributed by atoms with Gasteiger partial charge in [-0.3, -0.25) is 9.78 Å². The second-order valence-electron chi connectivity index (χ2n) is 8.65. The summed E-state index contributed by atoms with van der Waals surface area (Å²) in [6, 6.07) is 14.8. The van der Waals surface area contributed by atoms with Crippen LogP contribution in [0.4, 0.5) is 5.82 Å². The molecule has 3 N–H and O–H groups in total. The van der Waals surface area contributed by atoms with Crippen LogP contribution in [-0.2, 0) is 17.6 Å². The molecule has 2 aromatic carbocycles. The Bertz CT molecular complexity index is 1310. The standard InChI is InChI=1S/C27H29N3O2/c1-4-19(14-25(31)32)21-9-8-20(17(3)12-21)7-6-18-13-23-22-10-5-16(2)11-24(22)30-27(28)26(23)29-15-18/h5,8-13,15,19H,4,6-7,14H2,1-3H3,(H2,28,30)(H,31,32). The van der Waals surface area contributed by atoms with Crippen LogP contribution in [0.3, 0.4) is 0 Å². The molecule has 0 aliphatic heterocycles. The lowest BCUT2D eigenvalue weighted by Gasteiger charge is -2.15. The van der Waals surface area contributed by atoms with Crippen LogP contribution >= 0.6 is 0 Å². The molecule has 0 aliphatic rings. The topological polar surface area (TPSA) is 89.1 Å². The maximum absolute atomic E-state index is 11.1. The van der Waals surface area contributed by atoms with Crippen molar-refractivity contribution in [3.05, 3.63) is 76.5 Å². The molecular formula is C27H29N3O2. The van der Waals surface area contributed by atoms with Gasteiger partial charge in [0, 0.05) is 17.0 Å². The van der Waals surface area contributed by atoms with Crippen molar-refractivity contribution < 1.29 is 9.90 Å². The average molecular weight is 428 g/mol. The molecule has 0 bridgehead atoms. The molecule has 2 aromatic heterocycles. The monoisotopic (exact) mass is 427 g/mol. The highest BCUT2D eigenvalue weighted by atomic mass is 16.4. The second-order valence-corrected chi connectivity index (χ2v) is 8.65. The van der Waals surface area contributed by atoms with Crippen LogP contribution in [0.5, 0.6) is 0 Å². The SMILES string of the molecule is CCC(CC(=O)O)c1ccc(CCc2cnc3c(N)nc4cc(C)ccc4c3c2)c(C)c1. The number of fused-ring (bicyclic) bond motifs is 3. The molecule has 0 radical (unpaired) electrons. The third-order valence-electron chi connectivity index (χ3n) is 6.31. The molecule has 5 heteroatoms. The van der Waals surface area contributed by atoms with E-state index in [2.05, 4.69) is 59.4 Å². The summed E-state index contributed by atoms with van der Waals surface area (Å²) in [7, 11) is 0. The minimum Gasteiger partial charge on any atom is -0.481 e. The molecule has 0 spiro atoms. The number of nitrogen functional groups attached to an aromatic ring is 1. The smallest absolute Gasteiger partial charge is 0.303 e. The Morgan fingerprint density at radius 1 is 1.06 bits per heavy atom. The highest BCUT2D eigenvalue weighted by molar-refractivity contribution is 6.08. The van der Waals surface area contributed by atoms with Gasteiger partial charge in [0.25, 0.3) is 0 Å². The van der Waals surface area contributed by atoms with E-state index in [9.17, 15) is 4.79 Å². The number of carboxylic acid groups (broad SMARTS) is 1. The molecular weight excluding hydrogens is 398 g/mol. The fraction of sp³-hybridized carbons (Fsp3) is 0.296. The first kappa shape index (κ1) is 21.8. The van der Waals surface area contributed by atoms with Crippen molar-refractivity contribution in [3.8, 4) is 0 Å². The number of pyridine rings is 2. The number of carbonyl (C=O) groups is 1. The summed E-state index contributed by atoms with van der Waals surface area (Å²) >= 11 is 0. The van der Waals surface area contributed by atoms with Gasteiger partial charge in [0.1, 0.15) is 5.52 Å². The van der Waals surface area contributed by atoms with E-state index in [4.69, 9.17) is 10.8 Å². The van der Waals surface area contributed by atoms with Crippen LogP contribution in [0, 0.1) is 13.8 Å². The number of aromatic nitrogens is 2. The van der Waals surface area contributed by atoms with E-state index < -0.39 is 5.97 Å². The molecule has 5 nitrogen and oxygen atoms in total. The van der Waals surface area contributed by atoms with Gasteiger partial charge in [-0.05, 0) is 79.0 Å². The number of nitrogens with zero attached hydrogens (tertiary/aromatic N) is 2. The normalized spacial score (nSPS) is 12.3. The van der Waals surface area contributed by atoms with Crippen LogP contribution in [0.15, 0.2) is 48.7 Å². The number of benzene rings is 2. The zero-order valence-corrected chi connectivity index (χ0v) is 18.9. The van der Waals surface area contributed by atoms with Gasteiger partial charge in [-0.25, -0.2) is 4.98 Å². The predicted octanol–water partition coefficient (Wildman–Crippen LogP) is 5.74. The number of rotatable bonds is 7. The van der Waals surface area contributed by atoms with Crippen LogP contribution in [0.1, 0.15) is 53.5 Å². The number of hydrogen-bond acceptors (Lipinski definition) is 4. The van der Waals surface area contributed by atoms with Gasteiger partial charge < -0.3 is 10.8 Å². The molecule has 0 saturated carbocycles. The molecule has 4 rings (SSSR count). The highest BCUT2D eigenvalue weighted by Crippen LogP contribution is 2.29. The lowest BCUT2D eigenvalue weighted by molar-refractivity contribution is -0.137. The summed E-state index contributed by atoms with van der Waals surface area (Å²) in [5.74, 6) is -0.232. The Hall–Kier alpha value is -3.47. The van der Waals surface area contributed by atoms with Gasteiger partial charge in [-0.2, -0.15) is 0 Å². The van der Waals surface area contributed by atoms with Gasteiger partial charge in [0.2, 0.25) is 0 Å². The van der Waals surface area contributed by atoms with E-state index in [0.29, 0.717) is 5.82 Å². The molecule has 32 heavy (non-hydrogen) atoms. The predicted molar refractivity (Wildman–Crippen MR) is 130 cm³/mol. The van der Waals surface area contributed by atoms with E-state index in [0.717, 1.165) is 57.8 Å². The summed E-state index contributed by atoms with van der Waals surface area (Å²) < 4.78 is 0. The van der Waals surface area contributed by atoms with Crippen LogP contribution in [-0.4, -0.2) is 21.0 Å². The molecule has 2 heterocycles. The summed E-state index contributed by atoms with van der Waals surface area (Å²) in [5.41, 5.74) is 13.7. The number of aliphatic carboxylic acids is 1. The summed E-state index contributed by atoms with van der Waals surface area (Å²) in [6.45, 7) is 6.19. The molecule has 1 unspecified atom stereocenters. The minimum atomic E-state index is -0.749. The van der Waals surface area contributed by atoms with Crippen molar-refractivity contribution in [2.45, 2.75) is 52.4 Å². The van der Waals surface area contributed by atoms with Crippen LogP contribution < -0.4 is 5.73 Å². The van der Waals surface area contributed by atoms with Crippen molar-refractivity contribution >= 4 is 33.6 Å². The Morgan fingerprint density at radius 2 is 1.88 bits per heavy atom. The van der Waals surface area contributed by atoms with Gasteiger partial charge in [-0.1, -0.05) is 37.3 Å². The van der Waals surface area contributed by atoms with E-state index in [1.165, 1.54) is 11.1 Å². The average Bonchev–Trinajstić information content (AvgIpc) is 2.76. The van der Waals surface area contributed by atoms with Crippen LogP contribution in [0.2, 0.25) is 0 Å². The third kappa shape index (κ3) is 4.42. The Balaban J connectivity index is 1.59. The molecule has 1 atom stereocenters. The summed E-state index contributed by atoms with van der Waals surface area (Å²) in [4.78, 5) is 20.3. The number of hydrogen-bond donors (Lipinski definition) is 2. The molecule has 0 amide bonds. The van der Waals surface area contributed by atoms with E-state index in [1.807, 2.05) is 20.0 Å². The quantitative estimate of drug-likeness (QED) is 0.367. The Kier molecular flexibility index (Phi) is 6.08. The van der Waals surface area contributed by atoms with Crippen LogP contribution in [0.25, 0.3) is 21.8 Å². The fourth-order valence-electron chi connectivity index (χ4n) is 4.44. The molecule has 4 aromatic rings. The Labute approximate surface area is 188 Å². The largest absolute Gasteiger partial charge is 0.481 e. The zero-order valence-electron chi connectivity index (χ0n) is 18.9. The van der Waals surface area contributed by atoms with Gasteiger partial charge in [0.15, 0.2) is 5.82 Å². The second kappa shape index (κ2) is 8.95. The molecule has 0 aliphatic carbocycles. The number of anilines is 1. The zero-order chi connectivity index (χ0) is 22.8. The molecule has 164 valence electrons. The third-order valence-corrected chi connectivity index (χ3v) is 6.31. The van der Waals surface area contributed by atoms with Crippen molar-refractivity contribution in [2.24, 2.45) is 0 Å². The highest BCUT2D eigenvalue weighted by Gasteiger charge is 2.15. The summed E-state index contributed by atoms with van der Waals surface area (Å²) in [5, 5.41) is 11.3. The van der Waals surface area contributed by atoms with Gasteiger partial charge in [-0.15, -0.1) is 0 Å². The first-order chi connectivity index (χ1) is 15.4. The Morgan fingerprint density at radius 3 is 2.59 bits per heavy atom. The molecule has 0 saturated heterocycles. The lowest BCUT2D eigenvalue weighted by Crippen LogP contribution is -2.06. The van der Waals surface area contributed by atoms with Crippen molar-refractivity contribution in [1.29, 1.82) is 0 Å². The number of carboxylic acids is 1. The van der Waals surface area contributed by atoms with E-state index in [-0.39, 0.29) is 12.3 Å². The lowest BCUT2D eigenvalue weighted by atomic mass is 9.90. The van der Waals surface area contributed by atoms with E-state index in [1.54, 1.807) is 0 Å². The first-order valence-electron chi connectivity index (χ1n) is 11.1. The van der Waals surface area contributed by atoms with Crippen molar-refractivity contribution in [1.82, 2.24) is 9.97 Å². The number of aryl methyl sites for hydroxylation is 4. The maximum Gasteiger partial charge on any atom is 0.303 e.